The zero-order valence-corrected chi connectivity index (χ0v) is 15.6. The Morgan fingerprint density at radius 1 is 1.35 bits per heavy atom. The molecule has 1 fully saturated rings. The number of nitrogens with zero attached hydrogens (tertiary/aromatic N) is 1. The van der Waals surface area contributed by atoms with Crippen molar-refractivity contribution in [1.29, 1.82) is 0 Å². The largest absolute Gasteiger partial charge is 0.493 e. The van der Waals surface area contributed by atoms with Crippen molar-refractivity contribution in [3.8, 4) is 5.75 Å². The van der Waals surface area contributed by atoms with Crippen molar-refractivity contribution < 1.29 is 13.9 Å². The van der Waals surface area contributed by atoms with Crippen LogP contribution in [-0.4, -0.2) is 18.0 Å². The van der Waals surface area contributed by atoms with Crippen molar-refractivity contribution in [3.63, 3.8) is 0 Å². The number of furan rings is 1. The van der Waals surface area contributed by atoms with Crippen LogP contribution in [0.1, 0.15) is 59.3 Å². The van der Waals surface area contributed by atoms with Crippen LogP contribution in [-0.2, 0) is 6.54 Å². The number of nitrogens with one attached hydrogen (secondary N) is 1. The van der Waals surface area contributed by atoms with E-state index < -0.39 is 0 Å². The summed E-state index contributed by atoms with van der Waals surface area (Å²) in [5, 5.41) is 6.83. The quantitative estimate of drug-likeness (QED) is 0.695. The second kappa shape index (κ2) is 7.50. The summed E-state index contributed by atoms with van der Waals surface area (Å²) in [6, 6.07) is 7.33. The summed E-state index contributed by atoms with van der Waals surface area (Å²) in [5.41, 5.74) is 1.78. The Balaban J connectivity index is 1.42. The van der Waals surface area contributed by atoms with E-state index in [1.54, 1.807) is 24.5 Å². The third-order valence-electron chi connectivity index (χ3n) is 4.94. The molecule has 0 radical (unpaired) electrons. The highest BCUT2D eigenvalue weighted by molar-refractivity contribution is 7.09. The number of para-hydroxylation sites is 1. The van der Waals surface area contributed by atoms with Crippen LogP contribution in [0.5, 0.6) is 5.75 Å². The fourth-order valence-corrected chi connectivity index (χ4v) is 4.36. The molecule has 1 aromatic carbocycles. The lowest BCUT2D eigenvalue weighted by atomic mass is 9.87. The van der Waals surface area contributed by atoms with Gasteiger partial charge in [0, 0.05) is 16.7 Å². The molecular formula is C20H22N2O3S. The molecule has 0 unspecified atom stereocenters. The molecule has 1 saturated carbocycles. The molecule has 0 bridgehead atoms. The standard InChI is InChI=1S/C20H22N2O3S/c1-24-16-9-5-8-14-10-17(25-19(14)16)20(23)21-11-18-22-15(12-26-18)13-6-3-2-4-7-13/h5,8-10,12-13H,2-4,6-7,11H2,1H3,(H,21,23). The summed E-state index contributed by atoms with van der Waals surface area (Å²) < 4.78 is 11.0. The molecule has 2 aromatic heterocycles. The van der Waals surface area contributed by atoms with E-state index in [9.17, 15) is 4.79 Å². The molecule has 1 aliphatic rings. The number of aromatic nitrogens is 1. The molecular weight excluding hydrogens is 348 g/mol. The average molecular weight is 370 g/mol. The molecule has 1 aliphatic carbocycles. The normalized spacial score (nSPS) is 15.3. The van der Waals surface area contributed by atoms with Crippen molar-refractivity contribution in [2.45, 2.75) is 44.6 Å². The molecule has 0 spiro atoms. The summed E-state index contributed by atoms with van der Waals surface area (Å²) in [7, 11) is 1.59. The van der Waals surface area contributed by atoms with Crippen LogP contribution < -0.4 is 10.1 Å². The van der Waals surface area contributed by atoms with E-state index in [-0.39, 0.29) is 11.7 Å². The first-order chi connectivity index (χ1) is 12.7. The average Bonchev–Trinajstić information content (AvgIpc) is 3.33. The summed E-state index contributed by atoms with van der Waals surface area (Å²) in [5.74, 6) is 1.26. The number of amides is 1. The number of carbonyl (C=O) groups is 1. The van der Waals surface area contributed by atoms with E-state index in [1.165, 1.54) is 37.8 Å². The SMILES string of the molecule is COc1cccc2cc(C(=O)NCc3nc(C4CCCCC4)cs3)oc12. The maximum Gasteiger partial charge on any atom is 0.287 e. The van der Waals surface area contributed by atoms with E-state index in [0.717, 1.165) is 10.4 Å². The molecule has 1 N–H and O–H groups in total. The van der Waals surface area contributed by atoms with E-state index in [2.05, 4.69) is 10.7 Å². The molecule has 0 aliphatic heterocycles. The van der Waals surface area contributed by atoms with Gasteiger partial charge in [0.15, 0.2) is 17.1 Å². The van der Waals surface area contributed by atoms with Gasteiger partial charge >= 0.3 is 0 Å². The topological polar surface area (TPSA) is 64.4 Å². The predicted octanol–water partition coefficient (Wildman–Crippen LogP) is 4.88. The van der Waals surface area contributed by atoms with Gasteiger partial charge in [0.1, 0.15) is 5.01 Å². The fourth-order valence-electron chi connectivity index (χ4n) is 3.54. The van der Waals surface area contributed by atoms with E-state index in [1.807, 2.05) is 18.2 Å². The summed E-state index contributed by atoms with van der Waals surface area (Å²) >= 11 is 1.62. The maximum atomic E-state index is 12.4. The number of carbonyl (C=O) groups excluding carboxylic acids is 1. The van der Waals surface area contributed by atoms with Crippen LogP contribution in [0, 0.1) is 0 Å². The number of benzene rings is 1. The van der Waals surface area contributed by atoms with Gasteiger partial charge in [-0.1, -0.05) is 31.4 Å². The number of methoxy groups -OCH3 is 1. The first kappa shape index (κ1) is 17.1. The Hall–Kier alpha value is -2.34. The van der Waals surface area contributed by atoms with Crippen LogP contribution in [0.3, 0.4) is 0 Å². The Bertz CT molecular complexity index is 909. The molecule has 3 aromatic rings. The number of ether oxygens (including phenoxy) is 1. The predicted molar refractivity (Wildman–Crippen MR) is 102 cm³/mol. The first-order valence-corrected chi connectivity index (χ1v) is 9.91. The van der Waals surface area contributed by atoms with Gasteiger partial charge in [-0.05, 0) is 25.0 Å². The Labute approximate surface area is 156 Å². The molecule has 136 valence electrons. The monoisotopic (exact) mass is 370 g/mol. The van der Waals surface area contributed by atoms with Crippen LogP contribution in [0.2, 0.25) is 0 Å². The maximum absolute atomic E-state index is 12.4. The smallest absolute Gasteiger partial charge is 0.287 e. The fraction of sp³-hybridized carbons (Fsp3) is 0.400. The highest BCUT2D eigenvalue weighted by Gasteiger charge is 2.19. The molecule has 4 rings (SSSR count). The molecule has 2 heterocycles. The molecule has 0 saturated heterocycles. The number of thiazole rings is 1. The minimum absolute atomic E-state index is 0.238. The molecule has 5 nitrogen and oxygen atoms in total. The van der Waals surface area contributed by atoms with Crippen LogP contribution in [0.15, 0.2) is 34.1 Å². The number of hydrogen-bond donors (Lipinski definition) is 1. The highest BCUT2D eigenvalue weighted by atomic mass is 32.1. The zero-order chi connectivity index (χ0) is 17.9. The Morgan fingerprint density at radius 2 is 2.19 bits per heavy atom. The Kier molecular flexibility index (Phi) is 4.93. The number of hydrogen-bond acceptors (Lipinski definition) is 5. The summed E-state index contributed by atoms with van der Waals surface area (Å²) in [6.45, 7) is 0.421. The number of rotatable bonds is 5. The van der Waals surface area contributed by atoms with Gasteiger partial charge in [0.2, 0.25) is 0 Å². The minimum Gasteiger partial charge on any atom is -0.493 e. The van der Waals surface area contributed by atoms with E-state index in [4.69, 9.17) is 14.1 Å². The van der Waals surface area contributed by atoms with Crippen LogP contribution in [0.4, 0.5) is 0 Å². The second-order valence-electron chi connectivity index (χ2n) is 6.67. The molecule has 1 amide bonds. The van der Waals surface area contributed by atoms with Crippen molar-refractivity contribution in [2.24, 2.45) is 0 Å². The lowest BCUT2D eigenvalue weighted by Crippen LogP contribution is -2.22. The van der Waals surface area contributed by atoms with Gasteiger partial charge in [-0.15, -0.1) is 11.3 Å². The lowest BCUT2D eigenvalue weighted by Gasteiger charge is -2.19. The van der Waals surface area contributed by atoms with Gasteiger partial charge < -0.3 is 14.5 Å². The van der Waals surface area contributed by atoms with E-state index in [0.29, 0.717) is 23.8 Å². The lowest BCUT2D eigenvalue weighted by molar-refractivity contribution is 0.0925. The summed E-state index contributed by atoms with van der Waals surface area (Å²) in [4.78, 5) is 17.1. The van der Waals surface area contributed by atoms with Gasteiger partial charge in [-0.2, -0.15) is 0 Å². The van der Waals surface area contributed by atoms with Crippen LogP contribution >= 0.6 is 11.3 Å². The summed E-state index contributed by atoms with van der Waals surface area (Å²) in [6.07, 6.45) is 6.39. The van der Waals surface area contributed by atoms with Gasteiger partial charge in [0.05, 0.1) is 19.3 Å². The first-order valence-electron chi connectivity index (χ1n) is 9.03. The molecule has 6 heteroatoms. The minimum atomic E-state index is -0.238. The van der Waals surface area contributed by atoms with Crippen molar-refractivity contribution >= 4 is 28.2 Å². The third-order valence-corrected chi connectivity index (χ3v) is 5.81. The van der Waals surface area contributed by atoms with Crippen LogP contribution in [0.25, 0.3) is 11.0 Å². The zero-order valence-electron chi connectivity index (χ0n) is 14.8. The van der Waals surface area contributed by atoms with Gasteiger partial charge in [-0.25, -0.2) is 4.98 Å². The van der Waals surface area contributed by atoms with Crippen molar-refractivity contribution in [3.05, 3.63) is 46.1 Å². The molecule has 26 heavy (non-hydrogen) atoms. The van der Waals surface area contributed by atoms with Crippen molar-refractivity contribution in [2.75, 3.05) is 7.11 Å². The van der Waals surface area contributed by atoms with Gasteiger partial charge in [0.25, 0.3) is 5.91 Å². The molecule has 0 atom stereocenters. The third kappa shape index (κ3) is 3.46. The van der Waals surface area contributed by atoms with Gasteiger partial charge in [-0.3, -0.25) is 4.79 Å². The van der Waals surface area contributed by atoms with Crippen molar-refractivity contribution in [1.82, 2.24) is 10.3 Å². The highest BCUT2D eigenvalue weighted by Crippen LogP contribution is 2.33. The number of fused-ring (bicyclic) bond motifs is 1. The van der Waals surface area contributed by atoms with E-state index >= 15 is 0 Å². The second-order valence-corrected chi connectivity index (χ2v) is 7.62. The Morgan fingerprint density at radius 3 is 3.00 bits per heavy atom.